The van der Waals surface area contributed by atoms with Crippen molar-refractivity contribution in [2.75, 3.05) is 18.0 Å². The van der Waals surface area contributed by atoms with Gasteiger partial charge in [-0.25, -0.2) is 9.97 Å². The molecule has 0 N–H and O–H groups in total. The minimum Gasteiger partial charge on any atom is -0.354 e. The largest absolute Gasteiger partial charge is 0.354 e. The number of aromatic nitrogens is 5. The van der Waals surface area contributed by atoms with Crippen molar-refractivity contribution in [2.45, 2.75) is 39.2 Å². The van der Waals surface area contributed by atoms with Crippen molar-refractivity contribution in [1.29, 1.82) is 0 Å². The highest BCUT2D eigenvalue weighted by molar-refractivity contribution is 5.57. The third kappa shape index (κ3) is 3.45. The van der Waals surface area contributed by atoms with Gasteiger partial charge < -0.3 is 4.90 Å². The molecular formula is C20H24N6. The Labute approximate surface area is 153 Å². The molecule has 1 unspecified atom stereocenters. The van der Waals surface area contributed by atoms with Crippen LogP contribution in [-0.4, -0.2) is 37.8 Å². The molecule has 1 saturated heterocycles. The van der Waals surface area contributed by atoms with Crippen LogP contribution >= 0.6 is 0 Å². The molecule has 0 spiro atoms. The lowest BCUT2D eigenvalue weighted by molar-refractivity contribution is 0.374. The Morgan fingerprint density at radius 1 is 1.19 bits per heavy atom. The minimum atomic E-state index is 0.391. The predicted molar refractivity (Wildman–Crippen MR) is 102 cm³/mol. The highest BCUT2D eigenvalue weighted by Crippen LogP contribution is 2.27. The number of rotatable bonds is 4. The van der Waals surface area contributed by atoms with Crippen molar-refractivity contribution in [3.8, 4) is 11.4 Å². The second kappa shape index (κ2) is 7.23. The molecule has 0 bridgehead atoms. The first-order valence-corrected chi connectivity index (χ1v) is 9.27. The Hall–Kier alpha value is -2.76. The standard InChI is InChI=1S/C20H24N6/c1-3-17-11-19(24-20(23-17)16-6-8-21-9-7-16)25-10-4-5-18(14-25)26-13-15(2)12-22-26/h6-9,11-13,18H,3-5,10,14H2,1-2H3. The number of hydrogen-bond acceptors (Lipinski definition) is 5. The fraction of sp³-hybridized carbons (Fsp3) is 0.400. The van der Waals surface area contributed by atoms with Crippen LogP contribution in [0.5, 0.6) is 0 Å². The van der Waals surface area contributed by atoms with E-state index in [9.17, 15) is 0 Å². The zero-order valence-electron chi connectivity index (χ0n) is 15.3. The maximum atomic E-state index is 4.87. The van der Waals surface area contributed by atoms with E-state index in [0.29, 0.717) is 6.04 Å². The van der Waals surface area contributed by atoms with Crippen LogP contribution in [0.25, 0.3) is 11.4 Å². The van der Waals surface area contributed by atoms with Crippen molar-refractivity contribution < 1.29 is 0 Å². The van der Waals surface area contributed by atoms with Crippen LogP contribution < -0.4 is 4.90 Å². The summed E-state index contributed by atoms with van der Waals surface area (Å²) < 4.78 is 2.10. The molecule has 26 heavy (non-hydrogen) atoms. The second-order valence-electron chi connectivity index (χ2n) is 6.87. The molecule has 6 heteroatoms. The smallest absolute Gasteiger partial charge is 0.161 e. The van der Waals surface area contributed by atoms with Gasteiger partial charge in [0, 0.05) is 49.0 Å². The molecule has 134 valence electrons. The van der Waals surface area contributed by atoms with Crippen molar-refractivity contribution in [1.82, 2.24) is 24.7 Å². The summed E-state index contributed by atoms with van der Waals surface area (Å²) in [6.45, 7) is 6.17. The molecule has 1 aliphatic rings. The maximum Gasteiger partial charge on any atom is 0.161 e. The van der Waals surface area contributed by atoms with E-state index in [2.05, 4.69) is 45.8 Å². The van der Waals surface area contributed by atoms with Gasteiger partial charge in [-0.3, -0.25) is 9.67 Å². The molecule has 6 nitrogen and oxygen atoms in total. The first kappa shape index (κ1) is 16.7. The van der Waals surface area contributed by atoms with Gasteiger partial charge in [0.25, 0.3) is 0 Å². The first-order valence-electron chi connectivity index (χ1n) is 9.27. The predicted octanol–water partition coefficient (Wildman–Crippen LogP) is 3.45. The Morgan fingerprint density at radius 2 is 2.04 bits per heavy atom. The van der Waals surface area contributed by atoms with Crippen molar-refractivity contribution in [3.05, 3.63) is 54.2 Å². The topological polar surface area (TPSA) is 59.7 Å². The zero-order chi connectivity index (χ0) is 17.9. The van der Waals surface area contributed by atoms with Crippen LogP contribution in [-0.2, 0) is 6.42 Å². The molecule has 0 aliphatic carbocycles. The summed E-state index contributed by atoms with van der Waals surface area (Å²) in [7, 11) is 0. The van der Waals surface area contributed by atoms with Crippen molar-refractivity contribution in [2.24, 2.45) is 0 Å². The Morgan fingerprint density at radius 3 is 2.77 bits per heavy atom. The lowest BCUT2D eigenvalue weighted by Gasteiger charge is -2.34. The summed E-state index contributed by atoms with van der Waals surface area (Å²) in [6.07, 6.45) is 10.8. The van der Waals surface area contributed by atoms with Crippen LogP contribution in [0.2, 0.25) is 0 Å². The van der Waals surface area contributed by atoms with Crippen LogP contribution in [0, 0.1) is 6.92 Å². The van der Waals surface area contributed by atoms with Gasteiger partial charge in [-0.15, -0.1) is 0 Å². The van der Waals surface area contributed by atoms with Gasteiger partial charge in [0.2, 0.25) is 0 Å². The number of pyridine rings is 1. The van der Waals surface area contributed by atoms with E-state index >= 15 is 0 Å². The van der Waals surface area contributed by atoms with E-state index in [0.717, 1.165) is 55.3 Å². The van der Waals surface area contributed by atoms with E-state index in [1.54, 1.807) is 12.4 Å². The molecule has 3 aromatic heterocycles. The number of nitrogens with zero attached hydrogens (tertiary/aromatic N) is 6. The highest BCUT2D eigenvalue weighted by atomic mass is 15.3. The summed E-state index contributed by atoms with van der Waals surface area (Å²) in [5.41, 5.74) is 3.28. The number of hydrogen-bond donors (Lipinski definition) is 0. The van der Waals surface area contributed by atoms with Gasteiger partial charge in [-0.05, 0) is 43.9 Å². The molecule has 1 atom stereocenters. The zero-order valence-corrected chi connectivity index (χ0v) is 15.3. The average molecular weight is 348 g/mol. The second-order valence-corrected chi connectivity index (χ2v) is 6.87. The fourth-order valence-corrected chi connectivity index (χ4v) is 3.47. The molecule has 0 radical (unpaired) electrons. The molecule has 0 saturated carbocycles. The molecule has 0 amide bonds. The van der Waals surface area contributed by atoms with E-state index in [-0.39, 0.29) is 0 Å². The Kier molecular flexibility index (Phi) is 4.65. The van der Waals surface area contributed by atoms with Crippen molar-refractivity contribution >= 4 is 5.82 Å². The third-order valence-electron chi connectivity index (χ3n) is 4.89. The summed E-state index contributed by atoms with van der Waals surface area (Å²) in [5, 5.41) is 4.52. The number of anilines is 1. The van der Waals surface area contributed by atoms with Crippen LogP contribution in [0.4, 0.5) is 5.82 Å². The minimum absolute atomic E-state index is 0.391. The lowest BCUT2D eigenvalue weighted by atomic mass is 10.1. The van der Waals surface area contributed by atoms with Crippen LogP contribution in [0.1, 0.15) is 37.1 Å². The molecule has 4 rings (SSSR count). The van der Waals surface area contributed by atoms with Gasteiger partial charge in [0.05, 0.1) is 12.2 Å². The first-order chi connectivity index (χ1) is 12.7. The highest BCUT2D eigenvalue weighted by Gasteiger charge is 2.23. The molecular weight excluding hydrogens is 324 g/mol. The van der Waals surface area contributed by atoms with E-state index in [4.69, 9.17) is 9.97 Å². The SMILES string of the molecule is CCc1cc(N2CCCC(n3cc(C)cn3)C2)nc(-c2ccncc2)n1. The lowest BCUT2D eigenvalue weighted by Crippen LogP contribution is -2.37. The van der Waals surface area contributed by atoms with Crippen LogP contribution in [0.3, 0.4) is 0 Å². The monoisotopic (exact) mass is 348 g/mol. The summed E-state index contributed by atoms with van der Waals surface area (Å²) >= 11 is 0. The Balaban J connectivity index is 1.64. The van der Waals surface area contributed by atoms with Crippen LogP contribution in [0.15, 0.2) is 43.0 Å². The van der Waals surface area contributed by atoms with E-state index in [1.165, 1.54) is 5.56 Å². The number of aryl methyl sites for hydroxylation is 2. The normalized spacial score (nSPS) is 17.5. The van der Waals surface area contributed by atoms with Crippen molar-refractivity contribution in [3.63, 3.8) is 0 Å². The molecule has 0 aromatic carbocycles. The molecule has 4 heterocycles. The summed E-state index contributed by atoms with van der Waals surface area (Å²) in [5.74, 6) is 1.79. The third-order valence-corrected chi connectivity index (χ3v) is 4.89. The van der Waals surface area contributed by atoms with E-state index < -0.39 is 0 Å². The Bertz CT molecular complexity index is 873. The van der Waals surface area contributed by atoms with Gasteiger partial charge in [0.1, 0.15) is 5.82 Å². The summed E-state index contributed by atoms with van der Waals surface area (Å²) in [6, 6.07) is 6.44. The maximum absolute atomic E-state index is 4.87. The van der Waals surface area contributed by atoms with Gasteiger partial charge in [-0.2, -0.15) is 5.10 Å². The fourth-order valence-electron chi connectivity index (χ4n) is 3.47. The van der Waals surface area contributed by atoms with Gasteiger partial charge in [0.15, 0.2) is 5.82 Å². The molecule has 1 fully saturated rings. The summed E-state index contributed by atoms with van der Waals surface area (Å²) in [4.78, 5) is 16.0. The number of piperidine rings is 1. The van der Waals surface area contributed by atoms with E-state index in [1.807, 2.05) is 18.3 Å². The van der Waals surface area contributed by atoms with Gasteiger partial charge in [-0.1, -0.05) is 6.92 Å². The molecule has 3 aromatic rings. The average Bonchev–Trinajstić information content (AvgIpc) is 3.15. The van der Waals surface area contributed by atoms with Gasteiger partial charge >= 0.3 is 0 Å². The quantitative estimate of drug-likeness (QED) is 0.723. The molecule has 1 aliphatic heterocycles.